The summed E-state index contributed by atoms with van der Waals surface area (Å²) in [7, 11) is 0. The van der Waals surface area contributed by atoms with Crippen LogP contribution in [0.5, 0.6) is 0 Å². The summed E-state index contributed by atoms with van der Waals surface area (Å²) in [6.45, 7) is 4.46. The van der Waals surface area contributed by atoms with Crippen LogP contribution in [0.25, 0.3) is 0 Å². The maximum absolute atomic E-state index is 5.73. The predicted octanol–water partition coefficient (Wildman–Crippen LogP) is 2.34. The summed E-state index contributed by atoms with van der Waals surface area (Å²) in [6, 6.07) is 2.27. The molecule has 0 aliphatic heterocycles. The molecule has 0 radical (unpaired) electrons. The molecule has 13 heavy (non-hydrogen) atoms. The topological polar surface area (TPSA) is 37.8 Å². The Hall–Kier alpha value is -0.830. The molecule has 2 rings (SSSR count). The van der Waals surface area contributed by atoms with E-state index in [4.69, 9.17) is 11.6 Å². The Balaban J connectivity index is 2.03. The molecule has 1 aliphatic rings. The van der Waals surface area contributed by atoms with Crippen LogP contribution in [0, 0.1) is 5.41 Å². The van der Waals surface area contributed by atoms with Gasteiger partial charge in [0.05, 0.1) is 0 Å². The van der Waals surface area contributed by atoms with Crippen molar-refractivity contribution in [3.05, 3.63) is 17.5 Å². The molecule has 0 amide bonds. The van der Waals surface area contributed by atoms with Gasteiger partial charge in [0.2, 0.25) is 0 Å². The van der Waals surface area contributed by atoms with E-state index in [0.29, 0.717) is 16.6 Å². The van der Waals surface area contributed by atoms with Gasteiger partial charge < -0.3 is 5.32 Å². The minimum Gasteiger partial charge on any atom is -0.367 e. The van der Waals surface area contributed by atoms with Crippen LogP contribution in [0.15, 0.2) is 12.4 Å². The molecule has 1 fully saturated rings. The minimum absolute atomic E-state index is 0.400. The quantitative estimate of drug-likeness (QED) is 0.740. The van der Waals surface area contributed by atoms with Crippen molar-refractivity contribution in [1.82, 2.24) is 9.97 Å². The van der Waals surface area contributed by atoms with Crippen LogP contribution in [0.4, 0.5) is 5.82 Å². The van der Waals surface area contributed by atoms with Crippen LogP contribution in [0.3, 0.4) is 0 Å². The molecule has 1 aromatic heterocycles. The smallest absolute Gasteiger partial charge is 0.134 e. The Bertz CT molecular complexity index is 324. The summed E-state index contributed by atoms with van der Waals surface area (Å²) in [5, 5.41) is 3.79. The molecular weight excluding hydrogens is 186 g/mol. The second kappa shape index (κ2) is 2.84. The lowest BCUT2D eigenvalue weighted by molar-refractivity contribution is 0.630. The highest BCUT2D eigenvalue weighted by atomic mass is 35.5. The van der Waals surface area contributed by atoms with E-state index in [9.17, 15) is 0 Å². The predicted molar refractivity (Wildman–Crippen MR) is 52.9 cm³/mol. The van der Waals surface area contributed by atoms with Gasteiger partial charge in [0.1, 0.15) is 17.3 Å². The van der Waals surface area contributed by atoms with Crippen molar-refractivity contribution >= 4 is 17.4 Å². The molecule has 1 aromatic rings. The maximum Gasteiger partial charge on any atom is 0.134 e. The molecule has 0 saturated heterocycles. The highest BCUT2D eigenvalue weighted by Gasteiger charge is 2.45. The first-order valence-corrected chi connectivity index (χ1v) is 4.70. The summed E-state index contributed by atoms with van der Waals surface area (Å²) in [4.78, 5) is 7.90. The standard InChI is InChI=1S/C9H12ClN3/c1-9(2)4-6(9)13-8-3-7(10)11-5-12-8/h3,5-6H,4H2,1-2H3,(H,11,12,13). The van der Waals surface area contributed by atoms with E-state index < -0.39 is 0 Å². The lowest BCUT2D eigenvalue weighted by atomic mass is 10.2. The molecule has 0 bridgehead atoms. The van der Waals surface area contributed by atoms with Gasteiger partial charge in [0.15, 0.2) is 0 Å². The van der Waals surface area contributed by atoms with Crippen LogP contribution < -0.4 is 5.32 Å². The van der Waals surface area contributed by atoms with E-state index >= 15 is 0 Å². The number of aromatic nitrogens is 2. The lowest BCUT2D eigenvalue weighted by Crippen LogP contribution is -2.09. The normalized spacial score (nSPS) is 24.1. The minimum atomic E-state index is 0.400. The zero-order chi connectivity index (χ0) is 9.47. The summed E-state index contributed by atoms with van der Waals surface area (Å²) >= 11 is 5.73. The van der Waals surface area contributed by atoms with Crippen molar-refractivity contribution in [3.8, 4) is 0 Å². The number of nitrogens with one attached hydrogen (secondary N) is 1. The van der Waals surface area contributed by atoms with Gasteiger partial charge in [0.25, 0.3) is 0 Å². The van der Waals surface area contributed by atoms with Crippen LogP contribution in [-0.4, -0.2) is 16.0 Å². The van der Waals surface area contributed by atoms with Gasteiger partial charge in [-0.15, -0.1) is 0 Å². The lowest BCUT2D eigenvalue weighted by Gasteiger charge is -2.06. The molecule has 0 aromatic carbocycles. The fraction of sp³-hybridized carbons (Fsp3) is 0.556. The van der Waals surface area contributed by atoms with Crippen molar-refractivity contribution in [2.24, 2.45) is 5.41 Å². The largest absolute Gasteiger partial charge is 0.367 e. The number of rotatable bonds is 2. The van der Waals surface area contributed by atoms with E-state index in [1.54, 1.807) is 6.07 Å². The van der Waals surface area contributed by atoms with Gasteiger partial charge in [-0.1, -0.05) is 25.4 Å². The Morgan fingerprint density at radius 3 is 2.77 bits per heavy atom. The van der Waals surface area contributed by atoms with E-state index in [-0.39, 0.29) is 0 Å². The van der Waals surface area contributed by atoms with Crippen molar-refractivity contribution in [3.63, 3.8) is 0 Å². The first kappa shape index (κ1) is 8.75. The fourth-order valence-electron chi connectivity index (χ4n) is 1.30. The van der Waals surface area contributed by atoms with Crippen molar-refractivity contribution in [1.29, 1.82) is 0 Å². The van der Waals surface area contributed by atoms with Crippen molar-refractivity contribution in [2.75, 3.05) is 5.32 Å². The molecule has 1 saturated carbocycles. The Morgan fingerprint density at radius 2 is 2.23 bits per heavy atom. The average molecular weight is 198 g/mol. The van der Waals surface area contributed by atoms with Crippen molar-refractivity contribution < 1.29 is 0 Å². The number of anilines is 1. The van der Waals surface area contributed by atoms with Crippen LogP contribution in [-0.2, 0) is 0 Å². The third-order valence-electron chi connectivity index (χ3n) is 2.47. The molecule has 1 heterocycles. The first-order chi connectivity index (χ1) is 6.08. The fourth-order valence-corrected chi connectivity index (χ4v) is 1.45. The SMILES string of the molecule is CC1(C)CC1Nc1cc(Cl)ncn1. The molecular formula is C9H12ClN3. The van der Waals surface area contributed by atoms with E-state index in [0.717, 1.165) is 5.82 Å². The zero-order valence-corrected chi connectivity index (χ0v) is 8.47. The average Bonchev–Trinajstić information content (AvgIpc) is 2.58. The highest BCUT2D eigenvalue weighted by Crippen LogP contribution is 2.46. The number of nitrogens with zero attached hydrogens (tertiary/aromatic N) is 2. The second-order valence-corrected chi connectivity index (χ2v) is 4.50. The molecule has 3 nitrogen and oxygen atoms in total. The molecule has 4 heteroatoms. The Kier molecular flexibility index (Phi) is 1.91. The van der Waals surface area contributed by atoms with E-state index in [1.165, 1.54) is 12.7 Å². The van der Waals surface area contributed by atoms with Gasteiger partial charge in [-0.05, 0) is 11.8 Å². The summed E-state index contributed by atoms with van der Waals surface area (Å²) in [5.74, 6) is 0.815. The monoisotopic (exact) mass is 197 g/mol. The van der Waals surface area contributed by atoms with Gasteiger partial charge in [0, 0.05) is 12.1 Å². The highest BCUT2D eigenvalue weighted by molar-refractivity contribution is 6.29. The van der Waals surface area contributed by atoms with Gasteiger partial charge >= 0.3 is 0 Å². The summed E-state index contributed by atoms with van der Waals surface area (Å²) in [5.41, 5.74) is 0.400. The van der Waals surface area contributed by atoms with Gasteiger partial charge in [-0.25, -0.2) is 9.97 Å². The van der Waals surface area contributed by atoms with E-state index in [2.05, 4.69) is 29.1 Å². The van der Waals surface area contributed by atoms with Crippen LogP contribution >= 0.6 is 11.6 Å². The van der Waals surface area contributed by atoms with Crippen LogP contribution in [0.1, 0.15) is 20.3 Å². The van der Waals surface area contributed by atoms with Gasteiger partial charge in [-0.2, -0.15) is 0 Å². The molecule has 1 N–H and O–H groups in total. The molecule has 0 spiro atoms. The molecule has 1 unspecified atom stereocenters. The third kappa shape index (κ3) is 1.91. The molecule has 70 valence electrons. The van der Waals surface area contributed by atoms with E-state index in [1.807, 2.05) is 0 Å². The first-order valence-electron chi connectivity index (χ1n) is 4.32. The summed E-state index contributed by atoms with van der Waals surface area (Å²) in [6.07, 6.45) is 2.66. The second-order valence-electron chi connectivity index (χ2n) is 4.12. The van der Waals surface area contributed by atoms with Crippen LogP contribution in [0.2, 0.25) is 5.15 Å². The number of hydrogen-bond donors (Lipinski definition) is 1. The molecule has 1 aliphatic carbocycles. The van der Waals surface area contributed by atoms with Gasteiger partial charge in [-0.3, -0.25) is 0 Å². The number of hydrogen-bond acceptors (Lipinski definition) is 3. The third-order valence-corrected chi connectivity index (χ3v) is 2.68. The molecule has 1 atom stereocenters. The summed E-state index contributed by atoms with van der Waals surface area (Å²) < 4.78 is 0. The Labute approximate surface area is 82.5 Å². The van der Waals surface area contributed by atoms with Crippen molar-refractivity contribution in [2.45, 2.75) is 26.3 Å². The number of halogens is 1. The Morgan fingerprint density at radius 1 is 1.54 bits per heavy atom. The zero-order valence-electron chi connectivity index (χ0n) is 7.71. The maximum atomic E-state index is 5.73.